The minimum atomic E-state index is -0.403. The van der Waals surface area contributed by atoms with E-state index in [-0.39, 0.29) is 17.0 Å². The fraction of sp³-hybridized carbons (Fsp3) is 0.0417. The molecule has 0 saturated carbocycles. The number of benzene rings is 4. The Morgan fingerprint density at radius 1 is 1.00 bits per heavy atom. The molecule has 1 aromatic heterocycles. The van der Waals surface area contributed by atoms with Crippen molar-refractivity contribution < 1.29 is 9.90 Å². The van der Waals surface area contributed by atoms with Crippen molar-refractivity contribution in [3.63, 3.8) is 0 Å². The number of fused-ring (bicyclic) bond motifs is 5. The van der Waals surface area contributed by atoms with Crippen molar-refractivity contribution in [2.24, 2.45) is 10.2 Å². The standard InChI is InChI=1S/C24H19N5O2/c1-26-24(31)18-12-13-6-11-17-16-4-2-3-5-19(16)27-21(17)20(13)22(23(18)30)29-28-15-9-7-14(25)8-10-15/h2-12,27,30H,25H2,1H3,(H,26,31). The van der Waals surface area contributed by atoms with Gasteiger partial charge in [0.2, 0.25) is 0 Å². The van der Waals surface area contributed by atoms with Crippen LogP contribution in [0.25, 0.3) is 32.6 Å². The molecule has 7 nitrogen and oxygen atoms in total. The second-order valence-electron chi connectivity index (χ2n) is 7.25. The molecule has 0 spiro atoms. The number of carbonyl (C=O) groups excluding carboxylic acids is 1. The Hall–Kier alpha value is -4.39. The van der Waals surface area contributed by atoms with Crippen molar-refractivity contribution in [2.45, 2.75) is 0 Å². The molecule has 152 valence electrons. The van der Waals surface area contributed by atoms with Gasteiger partial charge in [-0.3, -0.25) is 4.79 Å². The molecule has 0 bridgehead atoms. The average Bonchev–Trinajstić information content (AvgIpc) is 3.17. The molecule has 1 amide bonds. The molecule has 5 aromatic rings. The SMILES string of the molecule is CNC(=O)c1cc2ccc3c4ccccc4[nH]c3c2c(N=Nc2ccc(N)cc2)c1O. The molecule has 5 N–H and O–H groups in total. The van der Waals surface area contributed by atoms with Gasteiger partial charge in [-0.1, -0.05) is 30.3 Å². The maximum absolute atomic E-state index is 12.4. The molecular formula is C24H19N5O2. The van der Waals surface area contributed by atoms with Crippen LogP contribution in [0, 0.1) is 0 Å². The highest BCUT2D eigenvalue weighted by atomic mass is 16.3. The third-order valence-corrected chi connectivity index (χ3v) is 5.36. The third-order valence-electron chi connectivity index (χ3n) is 5.36. The highest BCUT2D eigenvalue weighted by Gasteiger charge is 2.20. The van der Waals surface area contributed by atoms with E-state index in [0.717, 1.165) is 27.2 Å². The summed E-state index contributed by atoms with van der Waals surface area (Å²) in [5, 5.41) is 25.7. The van der Waals surface area contributed by atoms with Gasteiger partial charge in [-0.2, -0.15) is 5.11 Å². The fourth-order valence-electron chi connectivity index (χ4n) is 3.83. The normalized spacial score (nSPS) is 11.6. The van der Waals surface area contributed by atoms with Crippen LogP contribution in [-0.4, -0.2) is 23.0 Å². The highest BCUT2D eigenvalue weighted by molar-refractivity contribution is 6.21. The lowest BCUT2D eigenvalue weighted by Gasteiger charge is -2.10. The summed E-state index contributed by atoms with van der Waals surface area (Å²) in [4.78, 5) is 15.8. The number of hydrogen-bond acceptors (Lipinski definition) is 5. The molecule has 31 heavy (non-hydrogen) atoms. The van der Waals surface area contributed by atoms with Crippen molar-refractivity contribution in [3.8, 4) is 5.75 Å². The quantitative estimate of drug-likeness (QED) is 0.232. The van der Waals surface area contributed by atoms with Gasteiger partial charge in [-0.25, -0.2) is 0 Å². The Kier molecular flexibility index (Phi) is 4.29. The number of aromatic amines is 1. The summed E-state index contributed by atoms with van der Waals surface area (Å²) in [5.41, 5.74) is 9.10. The Bertz CT molecular complexity index is 1500. The number of aromatic nitrogens is 1. The topological polar surface area (TPSA) is 116 Å². The van der Waals surface area contributed by atoms with Gasteiger partial charge in [0, 0.05) is 34.4 Å². The van der Waals surface area contributed by atoms with Crippen LogP contribution in [0.4, 0.5) is 17.1 Å². The number of para-hydroxylation sites is 1. The molecule has 0 aliphatic heterocycles. The van der Waals surface area contributed by atoms with E-state index in [2.05, 4.69) is 20.5 Å². The molecule has 0 radical (unpaired) electrons. The van der Waals surface area contributed by atoms with Gasteiger partial charge in [-0.05, 0) is 41.8 Å². The number of hydrogen-bond donors (Lipinski definition) is 4. The van der Waals surface area contributed by atoms with E-state index >= 15 is 0 Å². The van der Waals surface area contributed by atoms with Gasteiger partial charge < -0.3 is 21.1 Å². The maximum Gasteiger partial charge on any atom is 0.254 e. The van der Waals surface area contributed by atoms with Crippen LogP contribution in [0.3, 0.4) is 0 Å². The fourth-order valence-corrected chi connectivity index (χ4v) is 3.83. The van der Waals surface area contributed by atoms with Gasteiger partial charge in [0.15, 0.2) is 5.75 Å². The third kappa shape index (κ3) is 3.03. The lowest BCUT2D eigenvalue weighted by Crippen LogP contribution is -2.17. The minimum absolute atomic E-state index is 0.136. The molecule has 4 aromatic carbocycles. The summed E-state index contributed by atoms with van der Waals surface area (Å²) in [5.74, 6) is -0.628. The number of phenols is 1. The first-order valence-electron chi connectivity index (χ1n) is 9.75. The van der Waals surface area contributed by atoms with Gasteiger partial charge in [-0.15, -0.1) is 5.11 Å². The monoisotopic (exact) mass is 409 g/mol. The van der Waals surface area contributed by atoms with Crippen LogP contribution in [-0.2, 0) is 0 Å². The number of nitrogens with one attached hydrogen (secondary N) is 2. The van der Waals surface area contributed by atoms with E-state index < -0.39 is 5.91 Å². The number of nitrogens with zero attached hydrogens (tertiary/aromatic N) is 2. The summed E-state index contributed by atoms with van der Waals surface area (Å²) in [6, 6.07) is 20.5. The van der Waals surface area contributed by atoms with Crippen molar-refractivity contribution in [1.29, 1.82) is 0 Å². The second-order valence-corrected chi connectivity index (χ2v) is 7.25. The Labute approximate surface area is 177 Å². The van der Waals surface area contributed by atoms with E-state index in [9.17, 15) is 9.90 Å². The molecule has 0 aliphatic rings. The van der Waals surface area contributed by atoms with Gasteiger partial charge in [0.05, 0.1) is 16.8 Å². The number of rotatable bonds is 3. The number of azo groups is 1. The van der Waals surface area contributed by atoms with Crippen LogP contribution >= 0.6 is 0 Å². The number of carbonyl (C=O) groups is 1. The average molecular weight is 409 g/mol. The number of aromatic hydroxyl groups is 1. The van der Waals surface area contributed by atoms with Crippen LogP contribution in [0.2, 0.25) is 0 Å². The first-order valence-corrected chi connectivity index (χ1v) is 9.75. The molecule has 0 saturated heterocycles. The Morgan fingerprint density at radius 3 is 2.55 bits per heavy atom. The number of nitrogen functional groups attached to an aromatic ring is 1. The first-order chi connectivity index (χ1) is 15.1. The summed E-state index contributed by atoms with van der Waals surface area (Å²) >= 11 is 0. The predicted molar refractivity (Wildman–Crippen MR) is 123 cm³/mol. The van der Waals surface area contributed by atoms with E-state index in [4.69, 9.17) is 5.73 Å². The maximum atomic E-state index is 12.4. The van der Waals surface area contributed by atoms with Crippen LogP contribution < -0.4 is 11.1 Å². The summed E-state index contributed by atoms with van der Waals surface area (Å²) in [6.07, 6.45) is 0. The molecule has 0 unspecified atom stereocenters. The van der Waals surface area contributed by atoms with Crippen LogP contribution in [0.5, 0.6) is 5.75 Å². The van der Waals surface area contributed by atoms with Crippen molar-refractivity contribution >= 4 is 55.5 Å². The molecule has 5 rings (SSSR count). The molecule has 0 fully saturated rings. The zero-order valence-electron chi connectivity index (χ0n) is 16.7. The van der Waals surface area contributed by atoms with E-state index in [0.29, 0.717) is 16.8 Å². The Morgan fingerprint density at radius 2 is 1.77 bits per heavy atom. The van der Waals surface area contributed by atoms with E-state index in [1.165, 1.54) is 7.05 Å². The first kappa shape index (κ1) is 18.6. The molecular weight excluding hydrogens is 390 g/mol. The van der Waals surface area contributed by atoms with Crippen molar-refractivity contribution in [2.75, 3.05) is 12.8 Å². The number of amides is 1. The minimum Gasteiger partial charge on any atom is -0.505 e. The van der Waals surface area contributed by atoms with Gasteiger partial charge >= 0.3 is 0 Å². The number of H-pyrrole nitrogens is 1. The van der Waals surface area contributed by atoms with Crippen LogP contribution in [0.1, 0.15) is 10.4 Å². The number of anilines is 1. The number of nitrogens with two attached hydrogens (primary N) is 1. The summed E-state index contributed by atoms with van der Waals surface area (Å²) in [7, 11) is 1.52. The largest absolute Gasteiger partial charge is 0.505 e. The zero-order chi connectivity index (χ0) is 21.5. The Balaban J connectivity index is 1.84. The van der Waals surface area contributed by atoms with E-state index in [1.807, 2.05) is 36.4 Å². The smallest absolute Gasteiger partial charge is 0.254 e. The van der Waals surface area contributed by atoms with Gasteiger partial charge in [0.1, 0.15) is 5.69 Å². The summed E-state index contributed by atoms with van der Waals surface area (Å²) in [6.45, 7) is 0. The molecule has 0 atom stereocenters. The lowest BCUT2D eigenvalue weighted by molar-refractivity contribution is 0.0960. The predicted octanol–water partition coefficient (Wildman–Crippen LogP) is 5.54. The highest BCUT2D eigenvalue weighted by Crippen LogP contribution is 2.43. The lowest BCUT2D eigenvalue weighted by atomic mass is 10.00. The van der Waals surface area contributed by atoms with Gasteiger partial charge in [0.25, 0.3) is 5.91 Å². The number of phenolic OH excluding ortho intramolecular Hbond substituents is 1. The zero-order valence-corrected chi connectivity index (χ0v) is 16.7. The van der Waals surface area contributed by atoms with Crippen molar-refractivity contribution in [1.82, 2.24) is 10.3 Å². The molecule has 7 heteroatoms. The van der Waals surface area contributed by atoms with E-state index in [1.54, 1.807) is 30.3 Å². The summed E-state index contributed by atoms with van der Waals surface area (Å²) < 4.78 is 0. The molecule has 0 aliphatic carbocycles. The van der Waals surface area contributed by atoms with Crippen LogP contribution in [0.15, 0.2) is 77.0 Å². The second kappa shape index (κ2) is 7.14. The molecule has 1 heterocycles. The van der Waals surface area contributed by atoms with Crippen molar-refractivity contribution in [3.05, 3.63) is 72.3 Å².